The fourth-order valence-corrected chi connectivity index (χ4v) is 2.74. The fraction of sp³-hybridized carbons (Fsp3) is 0.368. The topological polar surface area (TPSA) is 52.0 Å². The van der Waals surface area contributed by atoms with Crippen molar-refractivity contribution in [2.45, 2.75) is 39.5 Å². The number of nitrogens with one attached hydrogen (secondary N) is 1. The van der Waals surface area contributed by atoms with E-state index in [-0.39, 0.29) is 12.1 Å². The first-order chi connectivity index (χ1) is 11.5. The summed E-state index contributed by atoms with van der Waals surface area (Å²) in [4.78, 5) is 9.07. The van der Waals surface area contributed by atoms with Gasteiger partial charge >= 0.3 is 0 Å². The van der Waals surface area contributed by atoms with E-state index in [9.17, 15) is 0 Å². The molecule has 3 aromatic rings. The molecule has 0 radical (unpaired) electrons. The smallest absolute Gasteiger partial charge is 0.213 e. The minimum atomic E-state index is 0.138. The molecule has 0 fully saturated rings. The average Bonchev–Trinajstić information content (AvgIpc) is 2.91. The number of hydrogen-bond acceptors (Lipinski definition) is 4. The molecular weight excluding hydrogens is 300 g/mol. The number of pyridine rings is 1. The molecule has 24 heavy (non-hydrogen) atoms. The third-order valence-corrected chi connectivity index (χ3v) is 3.98. The third kappa shape index (κ3) is 3.57. The van der Waals surface area contributed by atoms with E-state index in [1.807, 2.05) is 50.4 Å². The molecule has 0 saturated heterocycles. The molecule has 1 N–H and O–H groups in total. The molecule has 0 amide bonds. The van der Waals surface area contributed by atoms with Gasteiger partial charge in [0.15, 0.2) is 0 Å². The van der Waals surface area contributed by atoms with Crippen LogP contribution in [0.25, 0.3) is 11.0 Å². The van der Waals surface area contributed by atoms with E-state index in [0.717, 1.165) is 29.0 Å². The highest BCUT2D eigenvalue weighted by atomic mass is 16.5. The van der Waals surface area contributed by atoms with E-state index in [1.54, 1.807) is 0 Å². The Morgan fingerprint density at radius 2 is 1.92 bits per heavy atom. The monoisotopic (exact) mass is 324 g/mol. The molecule has 5 heteroatoms. The highest BCUT2D eigenvalue weighted by Crippen LogP contribution is 2.19. The Kier molecular flexibility index (Phi) is 4.81. The minimum absolute atomic E-state index is 0.138. The molecule has 0 bridgehead atoms. The molecule has 2 heterocycles. The van der Waals surface area contributed by atoms with E-state index >= 15 is 0 Å². The number of aryl methyl sites for hydroxylation is 1. The zero-order valence-corrected chi connectivity index (χ0v) is 14.7. The van der Waals surface area contributed by atoms with Crippen molar-refractivity contribution in [3.63, 3.8) is 0 Å². The van der Waals surface area contributed by atoms with Crippen LogP contribution in [0.15, 0.2) is 42.6 Å². The summed E-state index contributed by atoms with van der Waals surface area (Å²) in [7, 11) is 2.06. The quantitative estimate of drug-likeness (QED) is 0.752. The second-order valence-electron chi connectivity index (χ2n) is 6.29. The van der Waals surface area contributed by atoms with Crippen LogP contribution in [-0.2, 0) is 13.6 Å². The molecule has 0 spiro atoms. The van der Waals surface area contributed by atoms with Crippen LogP contribution >= 0.6 is 0 Å². The third-order valence-electron chi connectivity index (χ3n) is 3.98. The van der Waals surface area contributed by atoms with Crippen molar-refractivity contribution in [3.05, 3.63) is 54.0 Å². The van der Waals surface area contributed by atoms with Crippen molar-refractivity contribution in [1.82, 2.24) is 19.9 Å². The van der Waals surface area contributed by atoms with Crippen molar-refractivity contribution in [1.29, 1.82) is 0 Å². The molecule has 126 valence electrons. The molecule has 3 rings (SSSR count). The van der Waals surface area contributed by atoms with Gasteiger partial charge in [0.25, 0.3) is 0 Å². The summed E-state index contributed by atoms with van der Waals surface area (Å²) in [5, 5.41) is 3.51. The van der Waals surface area contributed by atoms with E-state index in [0.29, 0.717) is 5.88 Å². The lowest BCUT2D eigenvalue weighted by molar-refractivity contribution is 0.232. The van der Waals surface area contributed by atoms with Gasteiger partial charge < -0.3 is 14.6 Å². The van der Waals surface area contributed by atoms with E-state index < -0.39 is 0 Å². The Morgan fingerprint density at radius 1 is 1.12 bits per heavy atom. The maximum Gasteiger partial charge on any atom is 0.213 e. The Hall–Kier alpha value is -2.40. The summed E-state index contributed by atoms with van der Waals surface area (Å²) >= 11 is 0. The highest BCUT2D eigenvalue weighted by Gasteiger charge is 2.13. The summed E-state index contributed by atoms with van der Waals surface area (Å²) in [6.45, 7) is 6.86. The molecule has 0 aliphatic rings. The van der Waals surface area contributed by atoms with Crippen LogP contribution in [0.2, 0.25) is 0 Å². The average molecular weight is 324 g/mol. The number of fused-ring (bicyclic) bond motifs is 1. The van der Waals surface area contributed by atoms with Crippen LogP contribution in [0.3, 0.4) is 0 Å². The highest BCUT2D eigenvalue weighted by molar-refractivity contribution is 5.75. The van der Waals surface area contributed by atoms with Crippen LogP contribution in [-0.4, -0.2) is 20.6 Å². The molecule has 0 aliphatic heterocycles. The van der Waals surface area contributed by atoms with Gasteiger partial charge in [0.2, 0.25) is 5.88 Å². The molecule has 2 aromatic heterocycles. The first-order valence-electron chi connectivity index (χ1n) is 8.31. The predicted octanol–water partition coefficient (Wildman–Crippen LogP) is 3.61. The summed E-state index contributed by atoms with van der Waals surface area (Å²) in [6, 6.07) is 12.3. The Bertz CT molecular complexity index is 808. The summed E-state index contributed by atoms with van der Waals surface area (Å²) in [5.74, 6) is 1.70. The number of ether oxygens (including phenoxy) is 1. The summed E-state index contributed by atoms with van der Waals surface area (Å²) in [6.07, 6.45) is 1.99. The Labute approximate surface area is 142 Å². The van der Waals surface area contributed by atoms with Crippen molar-refractivity contribution in [2.75, 3.05) is 0 Å². The van der Waals surface area contributed by atoms with E-state index in [4.69, 9.17) is 9.72 Å². The van der Waals surface area contributed by atoms with Gasteiger partial charge in [-0.25, -0.2) is 9.97 Å². The molecule has 5 nitrogen and oxygen atoms in total. The van der Waals surface area contributed by atoms with Crippen LogP contribution in [0.1, 0.15) is 38.2 Å². The van der Waals surface area contributed by atoms with Gasteiger partial charge in [-0.3, -0.25) is 0 Å². The van der Waals surface area contributed by atoms with Crippen molar-refractivity contribution < 1.29 is 4.74 Å². The molecule has 1 unspecified atom stereocenters. The lowest BCUT2D eigenvalue weighted by Crippen LogP contribution is -2.21. The number of rotatable bonds is 6. The van der Waals surface area contributed by atoms with Gasteiger partial charge in [0.05, 0.1) is 23.2 Å². The van der Waals surface area contributed by atoms with Gasteiger partial charge in [-0.05, 0) is 38.5 Å². The SMILES string of the molecule is CC(C)Oc1ccc(CNC(C)c2nc3ccccc3n2C)cn1. The largest absolute Gasteiger partial charge is 0.475 e. The van der Waals surface area contributed by atoms with Crippen molar-refractivity contribution in [2.24, 2.45) is 7.05 Å². The Balaban J connectivity index is 1.66. The van der Waals surface area contributed by atoms with Gasteiger partial charge in [0.1, 0.15) is 5.82 Å². The zero-order chi connectivity index (χ0) is 17.1. The fourth-order valence-electron chi connectivity index (χ4n) is 2.74. The first kappa shape index (κ1) is 16.5. The molecule has 1 atom stereocenters. The lowest BCUT2D eigenvalue weighted by Gasteiger charge is -2.14. The number of hydrogen-bond donors (Lipinski definition) is 1. The Morgan fingerprint density at radius 3 is 2.58 bits per heavy atom. The predicted molar refractivity (Wildman–Crippen MR) is 96.0 cm³/mol. The van der Waals surface area contributed by atoms with Crippen molar-refractivity contribution >= 4 is 11.0 Å². The normalized spacial score (nSPS) is 12.7. The standard InChI is InChI=1S/C19H24N4O/c1-13(2)24-18-10-9-15(12-21-18)11-20-14(3)19-22-16-7-5-6-8-17(16)23(19)4/h5-10,12-14,20H,11H2,1-4H3. The maximum absolute atomic E-state index is 5.57. The molecule has 0 saturated carbocycles. The number of para-hydroxylation sites is 2. The van der Waals surface area contributed by atoms with Crippen LogP contribution in [0.5, 0.6) is 5.88 Å². The van der Waals surface area contributed by atoms with Gasteiger partial charge in [-0.15, -0.1) is 0 Å². The number of imidazole rings is 1. The van der Waals surface area contributed by atoms with Crippen LogP contribution in [0, 0.1) is 0 Å². The van der Waals surface area contributed by atoms with Crippen LogP contribution in [0.4, 0.5) is 0 Å². The zero-order valence-electron chi connectivity index (χ0n) is 14.7. The number of nitrogens with zero attached hydrogens (tertiary/aromatic N) is 3. The molecular formula is C19H24N4O. The summed E-state index contributed by atoms with van der Waals surface area (Å²) < 4.78 is 7.71. The second kappa shape index (κ2) is 7.01. The maximum atomic E-state index is 5.57. The van der Waals surface area contributed by atoms with Crippen LogP contribution < -0.4 is 10.1 Å². The van der Waals surface area contributed by atoms with E-state index in [1.165, 1.54) is 0 Å². The number of aromatic nitrogens is 3. The summed E-state index contributed by atoms with van der Waals surface area (Å²) in [5.41, 5.74) is 3.30. The molecule has 1 aromatic carbocycles. The number of benzene rings is 1. The first-order valence-corrected chi connectivity index (χ1v) is 8.31. The van der Waals surface area contributed by atoms with Crippen molar-refractivity contribution in [3.8, 4) is 5.88 Å². The van der Waals surface area contributed by atoms with Gasteiger partial charge in [-0.1, -0.05) is 18.2 Å². The van der Waals surface area contributed by atoms with Gasteiger partial charge in [-0.2, -0.15) is 0 Å². The molecule has 0 aliphatic carbocycles. The lowest BCUT2D eigenvalue weighted by atomic mass is 10.2. The second-order valence-corrected chi connectivity index (χ2v) is 6.29. The van der Waals surface area contributed by atoms with E-state index in [2.05, 4.69) is 34.9 Å². The van der Waals surface area contributed by atoms with Gasteiger partial charge in [0, 0.05) is 25.9 Å². The minimum Gasteiger partial charge on any atom is -0.475 e.